The van der Waals surface area contributed by atoms with Gasteiger partial charge >= 0.3 is 0 Å². The average molecular weight is 372 g/mol. The van der Waals surface area contributed by atoms with Gasteiger partial charge in [-0.2, -0.15) is 0 Å². The summed E-state index contributed by atoms with van der Waals surface area (Å²) in [6.45, 7) is 7.50. The Labute approximate surface area is 162 Å². The number of allylic oxidation sites excluding steroid dienone is 1. The molecule has 0 N–H and O–H groups in total. The summed E-state index contributed by atoms with van der Waals surface area (Å²) in [5.41, 5.74) is 1.80. The quantitative estimate of drug-likeness (QED) is 0.561. The molecule has 0 aromatic rings. The smallest absolute Gasteiger partial charge is 0.146 e. The van der Waals surface area contributed by atoms with Gasteiger partial charge in [0.15, 0.2) is 0 Å². The maximum atomic E-state index is 13.5. The third kappa shape index (κ3) is 1.68. The van der Waals surface area contributed by atoms with Gasteiger partial charge in [0.25, 0.3) is 0 Å². The first-order valence-corrected chi connectivity index (χ1v) is 11.1. The first kappa shape index (κ1) is 17.2. The first-order valence-electron chi connectivity index (χ1n) is 11.1. The number of ether oxygens (including phenoxy) is 2. The van der Waals surface area contributed by atoms with Crippen LogP contribution in [0, 0.1) is 34.0 Å². The molecule has 0 radical (unpaired) electrons. The van der Waals surface area contributed by atoms with Gasteiger partial charge in [0.05, 0.1) is 11.5 Å². The van der Waals surface area contributed by atoms with Crippen LogP contribution < -0.4 is 0 Å². The van der Waals surface area contributed by atoms with Gasteiger partial charge in [0, 0.05) is 31.5 Å². The number of carbonyl (C=O) groups excluding carboxylic acids is 1. The van der Waals surface area contributed by atoms with Crippen LogP contribution in [0.5, 0.6) is 0 Å². The molecular weight excluding hydrogens is 338 g/mol. The number of ketones is 1. The summed E-state index contributed by atoms with van der Waals surface area (Å²) < 4.78 is 11.8. The highest BCUT2D eigenvalue weighted by Crippen LogP contribution is 2.81. The molecule has 4 saturated carbocycles. The lowest BCUT2D eigenvalue weighted by molar-refractivity contribution is -0.197. The van der Waals surface area contributed by atoms with Gasteiger partial charge in [-0.1, -0.05) is 19.9 Å². The van der Waals surface area contributed by atoms with E-state index in [9.17, 15) is 4.79 Å². The minimum atomic E-state index is -0.152. The van der Waals surface area contributed by atoms with Crippen molar-refractivity contribution in [3.8, 4) is 0 Å². The van der Waals surface area contributed by atoms with Gasteiger partial charge < -0.3 is 9.47 Å². The van der Waals surface area contributed by atoms with Crippen molar-refractivity contribution < 1.29 is 14.3 Å². The van der Waals surface area contributed by atoms with Crippen molar-refractivity contribution in [1.29, 1.82) is 0 Å². The second kappa shape index (κ2) is 5.25. The molecule has 27 heavy (non-hydrogen) atoms. The number of Topliss-reactive ketones (excluding diaryl/α,β-unsaturated/α-hetero) is 1. The van der Waals surface area contributed by atoms with E-state index in [1.54, 1.807) is 12.7 Å². The molecule has 0 aromatic heterocycles. The van der Waals surface area contributed by atoms with Crippen molar-refractivity contribution in [2.24, 2.45) is 34.0 Å². The normalized spacial score (nSPS) is 55.0. The van der Waals surface area contributed by atoms with Crippen LogP contribution in [0.15, 0.2) is 11.6 Å². The van der Waals surface area contributed by atoms with Crippen molar-refractivity contribution >= 4 is 5.78 Å². The number of piperidine rings is 1. The summed E-state index contributed by atoms with van der Waals surface area (Å²) in [5, 5.41) is 0. The Hall–Kier alpha value is -0.710. The Balaban J connectivity index is 1.59. The van der Waals surface area contributed by atoms with Gasteiger partial charge in [0.1, 0.15) is 12.6 Å². The van der Waals surface area contributed by atoms with Crippen LogP contribution in [0.1, 0.15) is 52.4 Å². The monoisotopic (exact) mass is 371 g/mol. The SMILES string of the molecule is CCN1C[C@]2(C)CC[C@H](OCOC)C34C5=C[C@@H]6CC[C@]5(C(=O)C6)C(C[C@@H]32)C14. The summed E-state index contributed by atoms with van der Waals surface area (Å²) in [6.07, 6.45) is 9.48. The lowest BCUT2D eigenvalue weighted by Gasteiger charge is -2.64. The minimum Gasteiger partial charge on any atom is -0.359 e. The van der Waals surface area contributed by atoms with Gasteiger partial charge in [-0.15, -0.1) is 0 Å². The number of fused-ring (bicyclic) bond motifs is 2. The highest BCUT2D eigenvalue weighted by atomic mass is 16.7. The van der Waals surface area contributed by atoms with E-state index in [-0.39, 0.29) is 16.9 Å². The third-order valence-electron chi connectivity index (χ3n) is 9.88. The molecule has 3 unspecified atom stereocenters. The molecule has 1 heterocycles. The van der Waals surface area contributed by atoms with Gasteiger partial charge in [0.2, 0.25) is 0 Å². The van der Waals surface area contributed by atoms with Crippen LogP contribution in [0.25, 0.3) is 0 Å². The zero-order chi connectivity index (χ0) is 18.6. The van der Waals surface area contributed by atoms with Crippen LogP contribution in [-0.2, 0) is 14.3 Å². The molecule has 8 atom stereocenters. The molecular formula is C23H33NO3. The fourth-order valence-corrected chi connectivity index (χ4v) is 9.25. The van der Waals surface area contributed by atoms with E-state index in [0.29, 0.717) is 41.8 Å². The van der Waals surface area contributed by atoms with Crippen LogP contribution in [0.3, 0.4) is 0 Å². The van der Waals surface area contributed by atoms with E-state index in [4.69, 9.17) is 9.47 Å². The molecule has 1 saturated heterocycles. The molecule has 5 fully saturated rings. The number of rotatable bonds is 4. The van der Waals surface area contributed by atoms with Gasteiger partial charge in [-0.3, -0.25) is 9.69 Å². The Morgan fingerprint density at radius 3 is 2.89 bits per heavy atom. The van der Waals surface area contributed by atoms with E-state index in [1.165, 1.54) is 25.8 Å². The lowest BCUT2D eigenvalue weighted by Crippen LogP contribution is -2.67. The molecule has 4 heteroatoms. The van der Waals surface area contributed by atoms with E-state index in [0.717, 1.165) is 25.8 Å². The fraction of sp³-hybridized carbons (Fsp3) is 0.870. The molecule has 0 aromatic carbocycles. The lowest BCUT2D eigenvalue weighted by atomic mass is 9.44. The largest absolute Gasteiger partial charge is 0.359 e. The minimum absolute atomic E-state index is 0.0548. The van der Waals surface area contributed by atoms with E-state index in [2.05, 4.69) is 24.8 Å². The van der Waals surface area contributed by atoms with Crippen molar-refractivity contribution in [1.82, 2.24) is 4.90 Å². The zero-order valence-electron chi connectivity index (χ0n) is 17.0. The molecule has 7 aliphatic rings. The number of likely N-dealkylation sites (tertiary alicyclic amines) is 1. The van der Waals surface area contributed by atoms with E-state index in [1.807, 2.05) is 0 Å². The number of nitrogens with zero attached hydrogens (tertiary/aromatic N) is 1. The van der Waals surface area contributed by atoms with Crippen molar-refractivity contribution in [2.75, 3.05) is 27.0 Å². The number of methoxy groups -OCH3 is 1. The highest BCUT2D eigenvalue weighted by Gasteiger charge is 2.82. The molecule has 4 nitrogen and oxygen atoms in total. The fourth-order valence-electron chi connectivity index (χ4n) is 9.25. The number of carbonyl (C=O) groups is 1. The third-order valence-corrected chi connectivity index (χ3v) is 9.88. The number of hydrogen-bond acceptors (Lipinski definition) is 4. The number of hydrogen-bond donors (Lipinski definition) is 0. The van der Waals surface area contributed by atoms with E-state index < -0.39 is 0 Å². The van der Waals surface area contributed by atoms with Crippen molar-refractivity contribution in [3.63, 3.8) is 0 Å². The molecule has 7 rings (SSSR count). The maximum Gasteiger partial charge on any atom is 0.146 e. The van der Waals surface area contributed by atoms with Gasteiger partial charge in [-0.05, 0) is 67.4 Å². The zero-order valence-corrected chi connectivity index (χ0v) is 17.0. The predicted octanol–water partition coefficient (Wildman–Crippen LogP) is 3.41. The van der Waals surface area contributed by atoms with E-state index >= 15 is 0 Å². The molecule has 1 aliphatic heterocycles. The Morgan fingerprint density at radius 1 is 1.30 bits per heavy atom. The average Bonchev–Trinajstić information content (AvgIpc) is 3.10. The van der Waals surface area contributed by atoms with Crippen LogP contribution in [-0.4, -0.2) is 49.8 Å². The molecule has 148 valence electrons. The van der Waals surface area contributed by atoms with Crippen molar-refractivity contribution in [3.05, 3.63) is 11.6 Å². The summed E-state index contributed by atoms with van der Waals surface area (Å²) in [5.74, 6) is 2.23. The molecule has 6 aliphatic carbocycles. The highest BCUT2D eigenvalue weighted by molar-refractivity contribution is 5.93. The van der Waals surface area contributed by atoms with Gasteiger partial charge in [-0.25, -0.2) is 0 Å². The predicted molar refractivity (Wildman–Crippen MR) is 102 cm³/mol. The Morgan fingerprint density at radius 2 is 2.15 bits per heavy atom. The second-order valence-electron chi connectivity index (χ2n) is 10.6. The van der Waals surface area contributed by atoms with Crippen LogP contribution in [0.4, 0.5) is 0 Å². The molecule has 2 spiro atoms. The van der Waals surface area contributed by atoms with Crippen LogP contribution in [0.2, 0.25) is 0 Å². The summed E-state index contributed by atoms with van der Waals surface area (Å²) in [4.78, 5) is 16.2. The first-order chi connectivity index (χ1) is 13.0. The topological polar surface area (TPSA) is 38.8 Å². The molecule has 0 amide bonds. The maximum absolute atomic E-state index is 13.5. The Bertz CT molecular complexity index is 733. The molecule has 7 bridgehead atoms. The summed E-state index contributed by atoms with van der Waals surface area (Å²) in [6, 6.07) is 0.495. The van der Waals surface area contributed by atoms with Crippen LogP contribution >= 0.6 is 0 Å². The summed E-state index contributed by atoms with van der Waals surface area (Å²) >= 11 is 0. The summed E-state index contributed by atoms with van der Waals surface area (Å²) in [7, 11) is 1.72. The Kier molecular flexibility index (Phi) is 3.34. The van der Waals surface area contributed by atoms with Crippen molar-refractivity contribution in [2.45, 2.75) is 64.5 Å². The standard InChI is InChI=1S/C23H33NO3/c1-4-24-12-21(2)7-6-19(27-13-26-3)23-16(21)11-15(20(23)24)22-8-5-14(9-17(22)23)10-18(22)25/h9,14-16,19-20H,4-8,10-13H2,1-3H3/t14-,15?,16+,19-,20?,21-,22-,23?/m0/s1. The second-order valence-corrected chi connectivity index (χ2v) is 10.6.